The zero-order valence-corrected chi connectivity index (χ0v) is 18.8. The van der Waals surface area contributed by atoms with Crippen LogP contribution in [-0.4, -0.2) is 53.8 Å². The normalized spacial score (nSPS) is 19.6. The Hall–Kier alpha value is -1.80. The van der Waals surface area contributed by atoms with Crippen LogP contribution in [0, 0.1) is 0 Å². The van der Waals surface area contributed by atoms with Gasteiger partial charge in [0.05, 0.1) is 4.87 Å². The summed E-state index contributed by atoms with van der Waals surface area (Å²) < 4.78 is 27.1. The summed E-state index contributed by atoms with van der Waals surface area (Å²) in [6.45, 7) is 1.48. The quantitative estimate of drug-likeness (QED) is 0.678. The predicted octanol–water partition coefficient (Wildman–Crippen LogP) is 4.32. The Kier molecular flexibility index (Phi) is 6.25. The molecule has 0 radical (unpaired) electrons. The smallest absolute Gasteiger partial charge is 0.254 e. The number of thioether (sulfide) groups is 1. The molecule has 0 unspecified atom stereocenters. The Morgan fingerprint density at radius 3 is 2.33 bits per heavy atom. The van der Waals surface area contributed by atoms with Crippen LogP contribution < -0.4 is 0 Å². The maximum absolute atomic E-state index is 13.1. The number of halogens is 1. The highest BCUT2D eigenvalue weighted by Crippen LogP contribution is 2.45. The van der Waals surface area contributed by atoms with Crippen LogP contribution in [0.3, 0.4) is 0 Å². The van der Waals surface area contributed by atoms with E-state index in [0.717, 1.165) is 11.3 Å². The lowest BCUT2D eigenvalue weighted by Gasteiger charge is -2.43. The van der Waals surface area contributed by atoms with Gasteiger partial charge >= 0.3 is 0 Å². The van der Waals surface area contributed by atoms with E-state index < -0.39 is 10.0 Å². The number of sulfonamides is 1. The molecular weight excluding hydrogens is 440 g/mol. The van der Waals surface area contributed by atoms with Gasteiger partial charge in [-0.1, -0.05) is 41.9 Å². The zero-order chi connectivity index (χ0) is 21.2. The highest BCUT2D eigenvalue weighted by atomic mass is 35.5. The third-order valence-corrected chi connectivity index (χ3v) is 8.98. The molecule has 2 aliphatic rings. The molecule has 0 saturated carbocycles. The summed E-state index contributed by atoms with van der Waals surface area (Å²) in [6, 6.07) is 16.3. The predicted molar refractivity (Wildman–Crippen MR) is 123 cm³/mol. The Bertz CT molecular complexity index is 1030. The van der Waals surface area contributed by atoms with Crippen LogP contribution in [0.2, 0.25) is 5.02 Å². The molecule has 2 heterocycles. The van der Waals surface area contributed by atoms with Crippen LogP contribution in [0.25, 0.3) is 6.08 Å². The molecule has 158 valence electrons. The van der Waals surface area contributed by atoms with Crippen molar-refractivity contribution in [3.63, 3.8) is 0 Å². The number of benzene rings is 2. The van der Waals surface area contributed by atoms with E-state index in [-0.39, 0.29) is 10.8 Å². The lowest BCUT2D eigenvalue weighted by Crippen LogP contribution is -2.53. The van der Waals surface area contributed by atoms with Crippen LogP contribution >= 0.6 is 23.4 Å². The SMILES string of the molecule is O=C(c1ccc(Cl)cc1)N1CCSC12CCN(S(=O)(=O)/C=C/c1ccccc1)CC2. The molecule has 2 aromatic rings. The Morgan fingerprint density at radius 1 is 1.00 bits per heavy atom. The fourth-order valence-electron chi connectivity index (χ4n) is 3.96. The van der Waals surface area contributed by atoms with Gasteiger partial charge in [0.2, 0.25) is 10.0 Å². The van der Waals surface area contributed by atoms with Crippen molar-refractivity contribution in [3.8, 4) is 0 Å². The summed E-state index contributed by atoms with van der Waals surface area (Å²) in [5.41, 5.74) is 1.46. The molecule has 1 amide bonds. The number of rotatable bonds is 4. The molecule has 2 fully saturated rings. The third kappa shape index (κ3) is 4.44. The van der Waals surface area contributed by atoms with Crippen LogP contribution in [0.1, 0.15) is 28.8 Å². The minimum Gasteiger partial charge on any atom is -0.323 e. The van der Waals surface area contributed by atoms with E-state index >= 15 is 0 Å². The molecular formula is C22H23ClN2O3S2. The average Bonchev–Trinajstić information content (AvgIpc) is 3.16. The Balaban J connectivity index is 1.45. The largest absolute Gasteiger partial charge is 0.323 e. The molecule has 2 saturated heterocycles. The van der Waals surface area contributed by atoms with Gasteiger partial charge in [-0.3, -0.25) is 4.79 Å². The van der Waals surface area contributed by atoms with Gasteiger partial charge in [0.25, 0.3) is 5.91 Å². The van der Waals surface area contributed by atoms with Crippen LogP contribution in [0.5, 0.6) is 0 Å². The van der Waals surface area contributed by atoms with Crippen molar-refractivity contribution in [2.24, 2.45) is 0 Å². The van der Waals surface area contributed by atoms with Crippen molar-refractivity contribution in [2.45, 2.75) is 17.7 Å². The van der Waals surface area contributed by atoms with Gasteiger partial charge in [0.15, 0.2) is 0 Å². The standard InChI is InChI=1S/C22H23ClN2O3S2/c23-20-8-6-19(7-9-20)21(26)25-15-16-29-22(25)11-13-24(14-12-22)30(27,28)17-10-18-4-2-1-3-5-18/h1-10,17H,11-16H2/b17-10+. The number of carbonyl (C=O) groups is 1. The first-order chi connectivity index (χ1) is 14.4. The Labute approximate surface area is 186 Å². The molecule has 0 N–H and O–H groups in total. The van der Waals surface area contributed by atoms with Gasteiger partial charge in [-0.2, -0.15) is 4.31 Å². The fourth-order valence-corrected chi connectivity index (χ4v) is 6.74. The van der Waals surface area contributed by atoms with Crippen LogP contribution in [0.15, 0.2) is 60.0 Å². The van der Waals surface area contributed by atoms with E-state index in [1.54, 1.807) is 42.1 Å². The summed E-state index contributed by atoms with van der Waals surface area (Å²) in [5, 5.41) is 1.87. The first kappa shape index (κ1) is 21.4. The lowest BCUT2D eigenvalue weighted by atomic mass is 10.0. The topological polar surface area (TPSA) is 57.7 Å². The van der Waals surface area contributed by atoms with E-state index in [0.29, 0.717) is 43.1 Å². The van der Waals surface area contributed by atoms with Crippen molar-refractivity contribution in [1.29, 1.82) is 0 Å². The van der Waals surface area contributed by atoms with Crippen molar-refractivity contribution in [2.75, 3.05) is 25.4 Å². The molecule has 2 aromatic carbocycles. The lowest BCUT2D eigenvalue weighted by molar-refractivity contribution is 0.0606. The number of carbonyl (C=O) groups excluding carboxylic acids is 1. The summed E-state index contributed by atoms with van der Waals surface area (Å²) >= 11 is 7.71. The minimum absolute atomic E-state index is 0.0167. The summed E-state index contributed by atoms with van der Waals surface area (Å²) in [7, 11) is -3.50. The maximum atomic E-state index is 13.1. The van der Waals surface area contributed by atoms with Gasteiger partial charge in [-0.15, -0.1) is 11.8 Å². The van der Waals surface area contributed by atoms with Crippen LogP contribution in [0.4, 0.5) is 0 Å². The molecule has 0 bridgehead atoms. The second-order valence-electron chi connectivity index (χ2n) is 7.42. The summed E-state index contributed by atoms with van der Waals surface area (Å²) in [4.78, 5) is 14.7. The Morgan fingerprint density at radius 2 is 1.67 bits per heavy atom. The molecule has 0 atom stereocenters. The van der Waals surface area contributed by atoms with Crippen molar-refractivity contribution in [1.82, 2.24) is 9.21 Å². The molecule has 2 aliphatic heterocycles. The van der Waals surface area contributed by atoms with Crippen molar-refractivity contribution >= 4 is 45.4 Å². The monoisotopic (exact) mass is 462 g/mol. The fraction of sp³-hybridized carbons (Fsp3) is 0.318. The molecule has 30 heavy (non-hydrogen) atoms. The summed E-state index contributed by atoms with van der Waals surface area (Å²) in [5.74, 6) is 0.844. The van der Waals surface area contributed by atoms with E-state index in [2.05, 4.69) is 0 Å². The van der Waals surface area contributed by atoms with E-state index in [1.807, 2.05) is 35.2 Å². The third-order valence-electron chi connectivity index (χ3n) is 5.61. The van der Waals surface area contributed by atoms with Gasteiger partial charge in [0.1, 0.15) is 0 Å². The number of hydrogen-bond donors (Lipinski definition) is 0. The molecule has 1 spiro atoms. The molecule has 5 nitrogen and oxygen atoms in total. The van der Waals surface area contributed by atoms with Gasteiger partial charge in [-0.05, 0) is 48.7 Å². The highest BCUT2D eigenvalue weighted by molar-refractivity contribution is 8.00. The van der Waals surface area contributed by atoms with Crippen molar-refractivity contribution < 1.29 is 13.2 Å². The zero-order valence-electron chi connectivity index (χ0n) is 16.4. The van der Waals surface area contributed by atoms with Gasteiger partial charge in [0, 0.05) is 41.4 Å². The number of amides is 1. The number of nitrogens with zero attached hydrogens (tertiary/aromatic N) is 2. The van der Waals surface area contributed by atoms with Gasteiger partial charge < -0.3 is 4.90 Å². The molecule has 0 aromatic heterocycles. The molecule has 8 heteroatoms. The molecule has 0 aliphatic carbocycles. The average molecular weight is 463 g/mol. The second-order valence-corrected chi connectivity index (χ2v) is 11.1. The van der Waals surface area contributed by atoms with Crippen molar-refractivity contribution in [3.05, 3.63) is 76.2 Å². The minimum atomic E-state index is -3.50. The highest BCUT2D eigenvalue weighted by Gasteiger charge is 2.47. The van der Waals surface area contributed by atoms with E-state index in [4.69, 9.17) is 11.6 Å². The van der Waals surface area contributed by atoms with E-state index in [1.165, 1.54) is 9.71 Å². The maximum Gasteiger partial charge on any atom is 0.254 e. The summed E-state index contributed by atoms with van der Waals surface area (Å²) in [6.07, 6.45) is 2.87. The number of piperidine rings is 1. The number of hydrogen-bond acceptors (Lipinski definition) is 4. The van der Waals surface area contributed by atoms with E-state index in [9.17, 15) is 13.2 Å². The van der Waals surface area contributed by atoms with Gasteiger partial charge in [-0.25, -0.2) is 8.42 Å². The van der Waals surface area contributed by atoms with Crippen LogP contribution in [-0.2, 0) is 10.0 Å². The second kappa shape index (κ2) is 8.75. The molecule has 4 rings (SSSR count). The first-order valence-corrected chi connectivity index (χ1v) is 12.7. The first-order valence-electron chi connectivity index (χ1n) is 9.84.